The maximum absolute atomic E-state index is 12.4. The van der Waals surface area contributed by atoms with Gasteiger partial charge in [0.1, 0.15) is 5.56 Å². The zero-order valence-electron chi connectivity index (χ0n) is 15.3. The highest BCUT2D eigenvalue weighted by Gasteiger charge is 2.35. The van der Waals surface area contributed by atoms with Gasteiger partial charge in [0, 0.05) is 18.5 Å². The molecule has 0 saturated heterocycles. The van der Waals surface area contributed by atoms with Gasteiger partial charge >= 0.3 is 5.97 Å². The molecule has 0 unspecified atom stereocenters. The summed E-state index contributed by atoms with van der Waals surface area (Å²) >= 11 is 6.37. The van der Waals surface area contributed by atoms with E-state index < -0.39 is 11.9 Å². The summed E-state index contributed by atoms with van der Waals surface area (Å²) in [4.78, 5) is 24.2. The highest BCUT2D eigenvalue weighted by atomic mass is 35.5. The van der Waals surface area contributed by atoms with Crippen LogP contribution in [0.4, 0.5) is 5.69 Å². The molecule has 3 N–H and O–H groups in total. The van der Waals surface area contributed by atoms with Crippen molar-refractivity contribution >= 4 is 29.2 Å². The van der Waals surface area contributed by atoms with Crippen molar-refractivity contribution in [2.75, 3.05) is 12.4 Å². The summed E-state index contributed by atoms with van der Waals surface area (Å²) in [5.41, 5.74) is 2.13. The molecule has 1 aromatic heterocycles. The van der Waals surface area contributed by atoms with Gasteiger partial charge in [0.15, 0.2) is 11.5 Å². The van der Waals surface area contributed by atoms with Crippen LogP contribution in [0.1, 0.15) is 34.0 Å². The lowest BCUT2D eigenvalue weighted by Crippen LogP contribution is -2.25. The molecule has 1 aliphatic rings. The summed E-state index contributed by atoms with van der Waals surface area (Å²) in [6.45, 7) is 0. The zero-order chi connectivity index (χ0) is 20.7. The number of fused-ring (bicyclic) bond motifs is 1. The number of nitrogens with one attached hydrogen (secondary N) is 1. The van der Waals surface area contributed by atoms with Crippen molar-refractivity contribution in [1.29, 1.82) is 0 Å². The minimum Gasteiger partial charge on any atom is -0.504 e. The number of phenols is 1. The maximum atomic E-state index is 12.4. The van der Waals surface area contributed by atoms with Gasteiger partial charge in [-0.2, -0.15) is 0 Å². The molecule has 0 bridgehead atoms. The predicted molar refractivity (Wildman–Crippen MR) is 107 cm³/mol. The fourth-order valence-electron chi connectivity index (χ4n) is 3.66. The minimum absolute atomic E-state index is 0.0237. The average Bonchev–Trinajstić information content (AvgIpc) is 3.07. The lowest BCUT2D eigenvalue weighted by Gasteiger charge is -2.26. The molecule has 29 heavy (non-hydrogen) atoms. The Balaban J connectivity index is 1.99. The van der Waals surface area contributed by atoms with Crippen molar-refractivity contribution in [1.82, 2.24) is 4.57 Å². The minimum atomic E-state index is -1.16. The molecule has 0 aliphatic carbocycles. The normalized spacial score (nSPS) is 15.5. The van der Waals surface area contributed by atoms with Crippen LogP contribution in [0.25, 0.3) is 5.69 Å². The number of phenolic OH excluding ortho intramolecular Hbond substituents is 1. The van der Waals surface area contributed by atoms with Crippen LogP contribution in [0.3, 0.4) is 0 Å². The third kappa shape index (κ3) is 3.19. The highest BCUT2D eigenvalue weighted by molar-refractivity contribution is 6.32. The molecule has 148 valence electrons. The van der Waals surface area contributed by atoms with E-state index in [2.05, 4.69) is 5.32 Å². The summed E-state index contributed by atoms with van der Waals surface area (Å²) in [6, 6.07) is 11.9. The molecule has 8 heteroatoms. The number of aromatic hydroxyl groups is 1. The number of anilines is 1. The van der Waals surface area contributed by atoms with Crippen molar-refractivity contribution in [2.24, 2.45) is 0 Å². The number of nitrogens with zero attached hydrogens (tertiary/aromatic N) is 1. The Morgan fingerprint density at radius 2 is 2.03 bits per heavy atom. The number of carboxylic acid groups (broad SMARTS) is 1. The Morgan fingerprint density at radius 1 is 1.28 bits per heavy atom. The van der Waals surface area contributed by atoms with Crippen LogP contribution in [0.15, 0.2) is 48.7 Å². The van der Waals surface area contributed by atoms with Crippen molar-refractivity contribution in [3.8, 4) is 17.2 Å². The van der Waals surface area contributed by atoms with Crippen molar-refractivity contribution in [3.05, 3.63) is 70.5 Å². The Morgan fingerprint density at radius 3 is 2.72 bits per heavy atom. The third-order valence-electron chi connectivity index (χ3n) is 4.98. The molecule has 2 aromatic carbocycles. The number of carboxylic acids is 1. The molecule has 4 rings (SSSR count). The first-order valence-corrected chi connectivity index (χ1v) is 9.18. The van der Waals surface area contributed by atoms with Gasteiger partial charge in [-0.05, 0) is 29.8 Å². The number of rotatable bonds is 4. The maximum Gasteiger partial charge on any atom is 0.339 e. The van der Waals surface area contributed by atoms with E-state index in [1.54, 1.807) is 41.0 Å². The predicted octanol–water partition coefficient (Wildman–Crippen LogP) is 4.02. The molecule has 7 nitrogen and oxygen atoms in total. The fourth-order valence-corrected chi connectivity index (χ4v) is 3.89. The number of carbonyl (C=O) groups is 2. The quantitative estimate of drug-likeness (QED) is 0.601. The first kappa shape index (κ1) is 18.9. The monoisotopic (exact) mass is 412 g/mol. The fraction of sp³-hybridized carbons (Fsp3) is 0.143. The standard InChI is InChI=1S/C21H17ClN2O5/c1-29-17-8-11(6-7-16(17)25)12-9-18(26)23-19-13(21(27)28)10-24(20(12)19)15-5-3-2-4-14(15)22/h2-8,10,12,25H,9H2,1H3,(H,23,26)(H,27,28)/t12-/m0/s1. The molecule has 0 spiro atoms. The number of amides is 1. The second-order valence-corrected chi connectivity index (χ2v) is 7.07. The van der Waals surface area contributed by atoms with Crippen molar-refractivity contribution in [2.45, 2.75) is 12.3 Å². The van der Waals surface area contributed by atoms with E-state index in [-0.39, 0.29) is 35.1 Å². The lowest BCUT2D eigenvalue weighted by atomic mass is 9.88. The van der Waals surface area contributed by atoms with E-state index in [0.29, 0.717) is 22.0 Å². The van der Waals surface area contributed by atoms with E-state index in [1.807, 2.05) is 0 Å². The number of hydrogen-bond donors (Lipinski definition) is 3. The smallest absolute Gasteiger partial charge is 0.339 e. The summed E-state index contributed by atoms with van der Waals surface area (Å²) in [5.74, 6) is -1.67. The Bertz CT molecular complexity index is 1140. The molecular weight excluding hydrogens is 396 g/mol. The number of aromatic nitrogens is 1. The second kappa shape index (κ2) is 7.18. The Labute approximate surface area is 171 Å². The summed E-state index contributed by atoms with van der Waals surface area (Å²) in [5, 5.41) is 22.7. The molecule has 1 atom stereocenters. The summed E-state index contributed by atoms with van der Waals surface area (Å²) < 4.78 is 6.90. The Kier molecular flexibility index (Phi) is 4.68. The van der Waals surface area contributed by atoms with Crippen LogP contribution in [0, 0.1) is 0 Å². The molecule has 1 aliphatic heterocycles. The number of benzene rings is 2. The van der Waals surface area contributed by atoms with Gasteiger partial charge < -0.3 is 24.8 Å². The number of ether oxygens (including phenoxy) is 1. The second-order valence-electron chi connectivity index (χ2n) is 6.67. The summed E-state index contributed by atoms with van der Waals surface area (Å²) in [6.07, 6.45) is 1.57. The highest BCUT2D eigenvalue weighted by Crippen LogP contribution is 2.44. The molecule has 2 heterocycles. The van der Waals surface area contributed by atoms with Gasteiger partial charge in [0.25, 0.3) is 0 Å². The van der Waals surface area contributed by atoms with E-state index in [0.717, 1.165) is 0 Å². The van der Waals surface area contributed by atoms with Gasteiger partial charge in [-0.1, -0.05) is 29.8 Å². The van der Waals surface area contributed by atoms with Crippen LogP contribution >= 0.6 is 11.6 Å². The number of para-hydroxylation sites is 1. The zero-order valence-corrected chi connectivity index (χ0v) is 16.1. The number of hydrogen-bond acceptors (Lipinski definition) is 4. The van der Waals surface area contributed by atoms with Crippen molar-refractivity contribution < 1.29 is 24.5 Å². The van der Waals surface area contributed by atoms with Crippen LogP contribution in [-0.2, 0) is 4.79 Å². The van der Waals surface area contributed by atoms with Gasteiger partial charge in [0.05, 0.1) is 29.2 Å². The van der Waals surface area contributed by atoms with E-state index in [1.165, 1.54) is 19.4 Å². The van der Waals surface area contributed by atoms with Gasteiger partial charge in [0.2, 0.25) is 5.91 Å². The number of halogens is 1. The molecule has 0 saturated carbocycles. The molecule has 3 aromatic rings. The molecule has 0 fully saturated rings. The van der Waals surface area contributed by atoms with Gasteiger partial charge in [-0.3, -0.25) is 4.79 Å². The Hall–Kier alpha value is -3.45. The molecule has 1 amide bonds. The topological polar surface area (TPSA) is 101 Å². The number of methoxy groups -OCH3 is 1. The summed E-state index contributed by atoms with van der Waals surface area (Å²) in [7, 11) is 1.44. The van der Waals surface area contributed by atoms with Crippen molar-refractivity contribution in [3.63, 3.8) is 0 Å². The molecular formula is C21H17ClN2O5. The van der Waals surface area contributed by atoms with E-state index in [4.69, 9.17) is 16.3 Å². The molecule has 0 radical (unpaired) electrons. The number of aromatic carboxylic acids is 1. The SMILES string of the molecule is COc1cc([C@@H]2CC(=O)Nc3c(C(=O)O)cn(-c4ccccc4Cl)c32)ccc1O. The first-order chi connectivity index (χ1) is 13.9. The van der Waals surface area contributed by atoms with Crippen LogP contribution in [-0.4, -0.2) is 33.8 Å². The third-order valence-corrected chi connectivity index (χ3v) is 5.30. The van der Waals surface area contributed by atoms with Gasteiger partial charge in [-0.15, -0.1) is 0 Å². The first-order valence-electron chi connectivity index (χ1n) is 8.81. The van der Waals surface area contributed by atoms with E-state index in [9.17, 15) is 19.8 Å². The lowest BCUT2D eigenvalue weighted by molar-refractivity contribution is -0.116. The number of carbonyl (C=O) groups excluding carboxylic acids is 1. The van der Waals surface area contributed by atoms with Gasteiger partial charge in [-0.25, -0.2) is 4.79 Å². The van der Waals surface area contributed by atoms with Crippen LogP contribution < -0.4 is 10.1 Å². The van der Waals surface area contributed by atoms with E-state index >= 15 is 0 Å². The largest absolute Gasteiger partial charge is 0.504 e. The van der Waals surface area contributed by atoms with Crippen LogP contribution in [0.5, 0.6) is 11.5 Å². The average molecular weight is 413 g/mol. The van der Waals surface area contributed by atoms with Crippen LogP contribution in [0.2, 0.25) is 5.02 Å².